The van der Waals surface area contributed by atoms with Gasteiger partial charge in [-0.3, -0.25) is 10.1 Å². The number of ether oxygens (including phenoxy) is 1. The van der Waals surface area contributed by atoms with Gasteiger partial charge in [-0.15, -0.1) is 0 Å². The number of azide groups is 1. The number of amides is 1. The van der Waals surface area contributed by atoms with Gasteiger partial charge in [-0.2, -0.15) is 0 Å². The molecule has 20 heavy (non-hydrogen) atoms. The van der Waals surface area contributed by atoms with E-state index in [1.807, 2.05) is 0 Å². The number of benzene rings is 1. The van der Waals surface area contributed by atoms with Crippen molar-refractivity contribution in [1.29, 1.82) is 0 Å². The van der Waals surface area contributed by atoms with Crippen molar-refractivity contribution in [2.75, 3.05) is 20.2 Å². The molecule has 108 valence electrons. The molecule has 1 aromatic carbocycles. The molecule has 1 amide bonds. The third-order valence-electron chi connectivity index (χ3n) is 2.94. The summed E-state index contributed by atoms with van der Waals surface area (Å²) >= 11 is 0. The summed E-state index contributed by atoms with van der Waals surface area (Å²) in [4.78, 5) is 14.3. The van der Waals surface area contributed by atoms with Gasteiger partial charge in [-0.05, 0) is 24.6 Å². The molecule has 1 rings (SSSR count). The zero-order valence-corrected chi connectivity index (χ0v) is 11.3. The van der Waals surface area contributed by atoms with Crippen LogP contribution in [0, 0.1) is 5.82 Å². The zero-order chi connectivity index (χ0) is 15.2. The third kappa shape index (κ3) is 3.17. The molecule has 0 aliphatic rings. The Morgan fingerprint density at radius 2 is 2.35 bits per heavy atom. The lowest BCUT2D eigenvalue weighted by Crippen LogP contribution is -2.51. The first-order valence-corrected chi connectivity index (χ1v) is 5.86. The molecule has 0 saturated heterocycles. The number of hydrogen-bond donors (Lipinski definition) is 2. The highest BCUT2D eigenvalue weighted by atomic mass is 19.1. The lowest BCUT2D eigenvalue weighted by atomic mass is 9.89. The number of halogens is 1. The number of hydrogen-bond acceptors (Lipinski definition) is 4. The largest absolute Gasteiger partial charge is 0.496 e. The number of carbonyl (C=O) groups is 1. The fourth-order valence-electron chi connectivity index (χ4n) is 1.86. The molecule has 0 aliphatic heterocycles. The fraction of sp³-hybridized carbons (Fsp3) is 0.417. The van der Waals surface area contributed by atoms with Gasteiger partial charge in [0, 0.05) is 18.0 Å². The van der Waals surface area contributed by atoms with Gasteiger partial charge in [0.15, 0.2) is 0 Å². The fourth-order valence-corrected chi connectivity index (χ4v) is 1.86. The van der Waals surface area contributed by atoms with Gasteiger partial charge in [0.2, 0.25) is 5.91 Å². The molecule has 1 atom stereocenters. The van der Waals surface area contributed by atoms with Crippen molar-refractivity contribution in [1.82, 2.24) is 5.32 Å². The molecule has 7 nitrogen and oxygen atoms in total. The van der Waals surface area contributed by atoms with Crippen LogP contribution in [0.3, 0.4) is 0 Å². The summed E-state index contributed by atoms with van der Waals surface area (Å²) in [6, 6.07) is 4.22. The number of methoxy groups -OCH3 is 1. The molecule has 0 heterocycles. The van der Waals surface area contributed by atoms with Crippen molar-refractivity contribution in [3.05, 3.63) is 40.0 Å². The summed E-state index contributed by atoms with van der Waals surface area (Å²) in [5, 5.41) is 6.14. The molecule has 1 unspecified atom stereocenters. The number of rotatable bonds is 7. The third-order valence-corrected chi connectivity index (χ3v) is 2.94. The number of primary amides is 1. The maximum absolute atomic E-state index is 14.1. The second kappa shape index (κ2) is 6.74. The van der Waals surface area contributed by atoms with Gasteiger partial charge in [-0.25, -0.2) is 4.39 Å². The maximum atomic E-state index is 14.1. The molecular weight excluding hydrogens is 265 g/mol. The van der Waals surface area contributed by atoms with Crippen LogP contribution >= 0.6 is 0 Å². The molecule has 3 N–H and O–H groups in total. The molecule has 1 aromatic rings. The van der Waals surface area contributed by atoms with Crippen LogP contribution < -0.4 is 15.8 Å². The summed E-state index contributed by atoms with van der Waals surface area (Å²) in [6.07, 6.45) is 0. The van der Waals surface area contributed by atoms with E-state index in [2.05, 4.69) is 15.3 Å². The van der Waals surface area contributed by atoms with Crippen LogP contribution in [-0.4, -0.2) is 26.1 Å². The predicted molar refractivity (Wildman–Crippen MR) is 71.5 cm³/mol. The van der Waals surface area contributed by atoms with Gasteiger partial charge >= 0.3 is 0 Å². The highest BCUT2D eigenvalue weighted by molar-refractivity contribution is 5.86. The monoisotopic (exact) mass is 281 g/mol. The van der Waals surface area contributed by atoms with Crippen molar-refractivity contribution >= 4 is 5.91 Å². The van der Waals surface area contributed by atoms with E-state index in [9.17, 15) is 9.18 Å². The lowest BCUT2D eigenvalue weighted by Gasteiger charge is -2.29. The molecule has 0 saturated carbocycles. The number of nitrogens with two attached hydrogens (primary N) is 1. The number of nitrogens with zero attached hydrogens (tertiary/aromatic N) is 3. The number of nitrogens with one attached hydrogen (secondary N) is 1. The summed E-state index contributed by atoms with van der Waals surface area (Å²) < 4.78 is 19.1. The van der Waals surface area contributed by atoms with Gasteiger partial charge < -0.3 is 10.5 Å². The first-order valence-electron chi connectivity index (χ1n) is 5.86. The average molecular weight is 281 g/mol. The normalized spacial score (nSPS) is 13.2. The second-order valence-electron chi connectivity index (χ2n) is 4.19. The van der Waals surface area contributed by atoms with Gasteiger partial charge in [0.05, 0.1) is 12.7 Å². The van der Waals surface area contributed by atoms with Crippen molar-refractivity contribution in [2.24, 2.45) is 10.8 Å². The quantitative estimate of drug-likeness (QED) is 0.341. The van der Waals surface area contributed by atoms with Crippen LogP contribution in [0.1, 0.15) is 12.5 Å². The second-order valence-corrected chi connectivity index (χ2v) is 4.19. The van der Waals surface area contributed by atoms with Crippen molar-refractivity contribution < 1.29 is 13.9 Å². The van der Waals surface area contributed by atoms with Crippen LogP contribution in [0.25, 0.3) is 10.4 Å². The van der Waals surface area contributed by atoms with Crippen LogP contribution in [0.4, 0.5) is 4.39 Å². The van der Waals surface area contributed by atoms with Crippen LogP contribution in [-0.2, 0) is 10.3 Å². The molecular formula is C12H16FN5O2. The molecule has 8 heteroatoms. The smallest absolute Gasteiger partial charge is 0.242 e. The molecule has 0 spiro atoms. The summed E-state index contributed by atoms with van der Waals surface area (Å²) in [5.41, 5.74) is 12.1. The van der Waals surface area contributed by atoms with E-state index in [4.69, 9.17) is 16.0 Å². The molecule has 0 aliphatic carbocycles. The molecule has 0 fully saturated rings. The Morgan fingerprint density at radius 3 is 2.90 bits per heavy atom. The minimum atomic E-state index is -1.47. The molecule has 0 aromatic heterocycles. The van der Waals surface area contributed by atoms with E-state index < -0.39 is 17.3 Å². The van der Waals surface area contributed by atoms with E-state index in [1.54, 1.807) is 0 Å². The zero-order valence-electron chi connectivity index (χ0n) is 11.3. The Balaban J connectivity index is 3.19. The first-order chi connectivity index (χ1) is 9.47. The predicted octanol–water partition coefficient (Wildman–Crippen LogP) is 1.43. The summed E-state index contributed by atoms with van der Waals surface area (Å²) in [7, 11) is 1.37. The van der Waals surface area contributed by atoms with Crippen molar-refractivity contribution in [3.63, 3.8) is 0 Å². The van der Waals surface area contributed by atoms with Gasteiger partial charge in [-0.1, -0.05) is 11.2 Å². The standard InChI is InChI=1S/C12H16FN5O2/c1-12(11(14)19,16-6-7-17-18-15)10-8(13)4-3-5-9(10)20-2/h3-5,16H,6-7H2,1-2H3,(H2,14,19). The Kier molecular flexibility index (Phi) is 5.31. The van der Waals surface area contributed by atoms with Crippen LogP contribution in [0.15, 0.2) is 23.3 Å². The van der Waals surface area contributed by atoms with E-state index >= 15 is 0 Å². The SMILES string of the molecule is COc1cccc(F)c1C(C)(NCCN=[N+]=[N-])C(N)=O. The summed E-state index contributed by atoms with van der Waals surface area (Å²) in [6.45, 7) is 1.73. The van der Waals surface area contributed by atoms with E-state index in [1.165, 1.54) is 32.2 Å². The highest BCUT2D eigenvalue weighted by Gasteiger charge is 2.37. The Labute approximate surface area is 115 Å². The Hall–Kier alpha value is -2.31. The van der Waals surface area contributed by atoms with Gasteiger partial charge in [0.1, 0.15) is 17.1 Å². The average Bonchev–Trinajstić information content (AvgIpc) is 2.42. The Bertz CT molecular complexity index is 545. The Morgan fingerprint density at radius 1 is 1.65 bits per heavy atom. The number of carbonyl (C=O) groups excluding carboxylic acids is 1. The van der Waals surface area contributed by atoms with E-state index in [0.29, 0.717) is 0 Å². The lowest BCUT2D eigenvalue weighted by molar-refractivity contribution is -0.124. The minimum Gasteiger partial charge on any atom is -0.496 e. The maximum Gasteiger partial charge on any atom is 0.242 e. The van der Waals surface area contributed by atoms with Crippen molar-refractivity contribution in [3.8, 4) is 5.75 Å². The van der Waals surface area contributed by atoms with E-state index in [0.717, 1.165) is 0 Å². The van der Waals surface area contributed by atoms with Crippen LogP contribution in [0.5, 0.6) is 5.75 Å². The highest BCUT2D eigenvalue weighted by Crippen LogP contribution is 2.32. The topological polar surface area (TPSA) is 113 Å². The minimum absolute atomic E-state index is 0.0240. The van der Waals surface area contributed by atoms with Crippen molar-refractivity contribution in [2.45, 2.75) is 12.5 Å². The molecule has 0 bridgehead atoms. The molecule has 0 radical (unpaired) electrons. The summed E-state index contributed by atoms with van der Waals surface area (Å²) in [5.74, 6) is -1.16. The van der Waals surface area contributed by atoms with E-state index in [-0.39, 0.29) is 24.4 Å². The van der Waals surface area contributed by atoms with Gasteiger partial charge in [0.25, 0.3) is 0 Å². The van der Waals surface area contributed by atoms with Crippen LogP contribution in [0.2, 0.25) is 0 Å². The first kappa shape index (κ1) is 15.7.